The Balaban J connectivity index is 1.67. The van der Waals surface area contributed by atoms with Crippen LogP contribution < -0.4 is 10.6 Å². The molecule has 32 heavy (non-hydrogen) atoms. The number of nitrogens with zero attached hydrogens (tertiary/aromatic N) is 5. The van der Waals surface area contributed by atoms with Crippen LogP contribution in [0.25, 0.3) is 15.9 Å². The van der Waals surface area contributed by atoms with Gasteiger partial charge in [-0.1, -0.05) is 17.3 Å². The van der Waals surface area contributed by atoms with Crippen LogP contribution >= 0.6 is 11.3 Å². The number of carbonyl (C=O) groups excluding carboxylic acids is 1. The van der Waals surface area contributed by atoms with Crippen LogP contribution in [0.5, 0.6) is 0 Å². The van der Waals surface area contributed by atoms with Gasteiger partial charge in [-0.15, -0.1) is 16.4 Å². The third-order valence-corrected chi connectivity index (χ3v) is 8.68. The number of thiophene rings is 1. The van der Waals surface area contributed by atoms with E-state index < -0.39 is 9.84 Å². The van der Waals surface area contributed by atoms with E-state index in [0.29, 0.717) is 37.3 Å². The Labute approximate surface area is 188 Å². The minimum Gasteiger partial charge on any atom is -0.369 e. The number of amides is 1. The van der Waals surface area contributed by atoms with E-state index in [0.717, 1.165) is 15.8 Å². The summed E-state index contributed by atoms with van der Waals surface area (Å²) in [5.74, 6) is 0.257. The smallest absolute Gasteiger partial charge is 0.229 e. The molecule has 0 aliphatic carbocycles. The minimum atomic E-state index is -3.93. The second-order valence-corrected chi connectivity index (χ2v) is 10.9. The number of fused-ring (bicyclic) bond motifs is 3. The highest BCUT2D eigenvalue weighted by Crippen LogP contribution is 2.35. The summed E-state index contributed by atoms with van der Waals surface area (Å²) in [6.45, 7) is 4.84. The molecule has 1 saturated heterocycles. The van der Waals surface area contributed by atoms with Crippen molar-refractivity contribution in [3.8, 4) is 0 Å². The molecule has 0 saturated carbocycles. The monoisotopic (exact) mass is 470 g/mol. The fourth-order valence-electron chi connectivity index (χ4n) is 4.17. The molecule has 1 aliphatic rings. The maximum absolute atomic E-state index is 13.5. The van der Waals surface area contributed by atoms with Gasteiger partial charge in [-0.05, 0) is 55.3 Å². The standard InChI is InChI=1S/C21H22N6O3S2/c1-12-3-4-13(2)16(11-12)32(29,30)21-20-23-19(26-8-5-14(6-9-26)18(22)28)17-15(7-10-31-17)27(20)25-24-21/h3-4,7,10-11,14H,5-6,8-9H2,1-2H3,(H2,22,28). The molecule has 166 valence electrons. The summed E-state index contributed by atoms with van der Waals surface area (Å²) >= 11 is 1.51. The average Bonchev–Trinajstić information content (AvgIpc) is 3.42. The van der Waals surface area contributed by atoms with Gasteiger partial charge in [0.2, 0.25) is 20.8 Å². The van der Waals surface area contributed by atoms with Crippen LogP contribution in [0.15, 0.2) is 39.6 Å². The van der Waals surface area contributed by atoms with Gasteiger partial charge in [-0.2, -0.15) is 4.52 Å². The van der Waals surface area contributed by atoms with Gasteiger partial charge in [0.25, 0.3) is 0 Å². The van der Waals surface area contributed by atoms with Gasteiger partial charge >= 0.3 is 0 Å². The van der Waals surface area contributed by atoms with Crippen molar-refractivity contribution in [3.05, 3.63) is 40.8 Å². The summed E-state index contributed by atoms with van der Waals surface area (Å²) in [5, 5.41) is 9.95. The molecule has 0 radical (unpaired) electrons. The van der Waals surface area contributed by atoms with Crippen molar-refractivity contribution in [1.29, 1.82) is 0 Å². The van der Waals surface area contributed by atoms with E-state index in [1.165, 1.54) is 15.9 Å². The Morgan fingerprint density at radius 1 is 1.19 bits per heavy atom. The van der Waals surface area contributed by atoms with Gasteiger partial charge in [0.05, 0.1) is 15.1 Å². The molecule has 0 spiro atoms. The predicted octanol–water partition coefficient (Wildman–Crippen LogP) is 2.49. The van der Waals surface area contributed by atoms with Gasteiger partial charge in [-0.3, -0.25) is 4.79 Å². The molecule has 1 aliphatic heterocycles. The van der Waals surface area contributed by atoms with E-state index in [1.807, 2.05) is 24.4 Å². The first-order valence-corrected chi connectivity index (χ1v) is 12.6. The minimum absolute atomic E-state index is 0.148. The molecule has 5 rings (SSSR count). The normalized spacial score (nSPS) is 15.6. The summed E-state index contributed by atoms with van der Waals surface area (Å²) in [6, 6.07) is 7.19. The van der Waals surface area contributed by atoms with Gasteiger partial charge in [0.15, 0.2) is 11.5 Å². The molecular formula is C21H22N6O3S2. The van der Waals surface area contributed by atoms with Gasteiger partial charge < -0.3 is 10.6 Å². The number of piperidine rings is 1. The highest BCUT2D eigenvalue weighted by molar-refractivity contribution is 7.91. The fourth-order valence-corrected chi connectivity index (χ4v) is 6.62. The maximum Gasteiger partial charge on any atom is 0.229 e. The van der Waals surface area contributed by atoms with Crippen LogP contribution in [0.4, 0.5) is 5.82 Å². The van der Waals surface area contributed by atoms with Crippen molar-refractivity contribution in [2.45, 2.75) is 36.6 Å². The summed E-state index contributed by atoms with van der Waals surface area (Å²) in [4.78, 5) is 18.6. The number of sulfone groups is 1. The molecule has 4 aromatic rings. The highest BCUT2D eigenvalue weighted by atomic mass is 32.2. The van der Waals surface area contributed by atoms with Crippen molar-refractivity contribution < 1.29 is 13.2 Å². The molecule has 3 aromatic heterocycles. The molecule has 1 amide bonds. The molecule has 1 aromatic carbocycles. The Morgan fingerprint density at radius 3 is 2.66 bits per heavy atom. The average molecular weight is 471 g/mol. The Hall–Kier alpha value is -3.05. The first kappa shape index (κ1) is 20.8. The summed E-state index contributed by atoms with van der Waals surface area (Å²) < 4.78 is 29.5. The van der Waals surface area contributed by atoms with Crippen molar-refractivity contribution in [2.75, 3.05) is 18.0 Å². The molecule has 4 heterocycles. The van der Waals surface area contributed by atoms with Crippen molar-refractivity contribution in [3.63, 3.8) is 0 Å². The van der Waals surface area contributed by atoms with Crippen molar-refractivity contribution >= 4 is 48.8 Å². The number of aryl methyl sites for hydroxylation is 2. The second-order valence-electron chi connectivity index (χ2n) is 8.14. The third kappa shape index (κ3) is 3.23. The van der Waals surface area contributed by atoms with Crippen LogP contribution in [0.1, 0.15) is 24.0 Å². The quantitative estimate of drug-likeness (QED) is 0.486. The van der Waals surface area contributed by atoms with E-state index in [1.54, 1.807) is 19.1 Å². The lowest BCUT2D eigenvalue weighted by Crippen LogP contribution is -2.39. The number of aromatic nitrogens is 4. The number of rotatable bonds is 4. The topological polar surface area (TPSA) is 124 Å². The maximum atomic E-state index is 13.5. The Bertz CT molecular complexity index is 1470. The number of benzene rings is 1. The van der Waals surface area contributed by atoms with E-state index in [-0.39, 0.29) is 27.4 Å². The zero-order valence-electron chi connectivity index (χ0n) is 17.6. The lowest BCUT2D eigenvalue weighted by molar-refractivity contribution is -0.122. The van der Waals surface area contributed by atoms with Crippen LogP contribution in [-0.4, -0.2) is 47.2 Å². The lowest BCUT2D eigenvalue weighted by Gasteiger charge is -2.31. The lowest BCUT2D eigenvalue weighted by atomic mass is 9.96. The Morgan fingerprint density at radius 2 is 1.94 bits per heavy atom. The number of nitrogens with two attached hydrogens (primary N) is 1. The molecule has 1 fully saturated rings. The number of carbonyl (C=O) groups is 1. The van der Waals surface area contributed by atoms with Crippen LogP contribution in [0.3, 0.4) is 0 Å². The molecule has 2 N–H and O–H groups in total. The highest BCUT2D eigenvalue weighted by Gasteiger charge is 2.31. The van der Waals surface area contributed by atoms with Gasteiger partial charge in [0.1, 0.15) is 0 Å². The summed E-state index contributed by atoms with van der Waals surface area (Å²) in [6.07, 6.45) is 1.28. The first-order chi connectivity index (χ1) is 15.3. The molecule has 0 bridgehead atoms. The fraction of sp³-hybridized carbons (Fsp3) is 0.333. The zero-order valence-corrected chi connectivity index (χ0v) is 19.3. The van der Waals surface area contributed by atoms with Crippen LogP contribution in [0.2, 0.25) is 0 Å². The van der Waals surface area contributed by atoms with Crippen molar-refractivity contribution in [1.82, 2.24) is 19.8 Å². The first-order valence-electron chi connectivity index (χ1n) is 10.3. The largest absolute Gasteiger partial charge is 0.369 e. The van der Waals surface area contributed by atoms with E-state index >= 15 is 0 Å². The van der Waals surface area contributed by atoms with E-state index in [2.05, 4.69) is 15.2 Å². The second kappa shape index (κ2) is 7.52. The van der Waals surface area contributed by atoms with E-state index in [9.17, 15) is 13.2 Å². The molecular weight excluding hydrogens is 448 g/mol. The SMILES string of the molecule is Cc1ccc(C)c(S(=O)(=O)c2nnn3c2nc(N2CCC(C(N)=O)CC2)c2sccc23)c1. The van der Waals surface area contributed by atoms with Crippen molar-refractivity contribution in [2.24, 2.45) is 11.7 Å². The summed E-state index contributed by atoms with van der Waals surface area (Å²) in [7, 11) is -3.93. The van der Waals surface area contributed by atoms with E-state index in [4.69, 9.17) is 10.7 Å². The predicted molar refractivity (Wildman–Crippen MR) is 122 cm³/mol. The summed E-state index contributed by atoms with van der Waals surface area (Å²) in [5.41, 5.74) is 7.91. The molecule has 9 nitrogen and oxygen atoms in total. The zero-order chi connectivity index (χ0) is 22.6. The van der Waals surface area contributed by atoms with Crippen LogP contribution in [0, 0.1) is 19.8 Å². The number of hydrogen-bond donors (Lipinski definition) is 1. The van der Waals surface area contributed by atoms with Gasteiger partial charge in [-0.25, -0.2) is 13.4 Å². The number of hydrogen-bond acceptors (Lipinski definition) is 8. The van der Waals surface area contributed by atoms with Gasteiger partial charge in [0, 0.05) is 19.0 Å². The number of anilines is 1. The Kier molecular flexibility index (Phi) is 4.90. The number of primary amides is 1. The molecule has 0 atom stereocenters. The molecule has 11 heteroatoms. The van der Waals surface area contributed by atoms with Crippen LogP contribution in [-0.2, 0) is 14.6 Å². The third-order valence-electron chi connectivity index (χ3n) is 5.99. The molecule has 0 unspecified atom stereocenters.